The van der Waals surface area contributed by atoms with E-state index < -0.39 is 0 Å². The molecule has 1 atom stereocenters. The fourth-order valence-electron chi connectivity index (χ4n) is 1.50. The van der Waals surface area contributed by atoms with Crippen LogP contribution < -0.4 is 0 Å². The maximum atomic E-state index is 2.32. The first-order chi connectivity index (χ1) is 4.95. The highest BCUT2D eigenvalue weighted by molar-refractivity contribution is 4.80. The van der Waals surface area contributed by atoms with Gasteiger partial charge in [0.05, 0.1) is 0 Å². The van der Waals surface area contributed by atoms with Gasteiger partial charge in [-0.1, -0.05) is 39.8 Å². The molecule has 0 saturated heterocycles. The summed E-state index contributed by atoms with van der Waals surface area (Å²) in [5.41, 5.74) is 0.487. The van der Waals surface area contributed by atoms with Gasteiger partial charge in [0.2, 0.25) is 0 Å². The van der Waals surface area contributed by atoms with Crippen LogP contribution in [0.4, 0.5) is 0 Å². The maximum Gasteiger partial charge on any atom is -0.0325 e. The summed E-state index contributed by atoms with van der Waals surface area (Å²) < 4.78 is 0. The van der Waals surface area contributed by atoms with E-state index in [1.807, 2.05) is 0 Å². The van der Waals surface area contributed by atoms with Crippen molar-refractivity contribution >= 4 is 0 Å². The molecule has 0 aromatic heterocycles. The van der Waals surface area contributed by atoms with Crippen LogP contribution in [0.1, 0.15) is 47.5 Å². The van der Waals surface area contributed by atoms with Crippen LogP contribution >= 0.6 is 0 Å². The zero-order valence-corrected chi connectivity index (χ0v) is 8.65. The average Bonchev–Trinajstić information content (AvgIpc) is 1.79. The van der Waals surface area contributed by atoms with Gasteiger partial charge in [-0.25, -0.2) is 0 Å². The molecule has 11 heavy (non-hydrogen) atoms. The van der Waals surface area contributed by atoms with Crippen LogP contribution in [0.25, 0.3) is 0 Å². The summed E-state index contributed by atoms with van der Waals surface area (Å²) >= 11 is 0. The first kappa shape index (κ1) is 10.7. The average molecular weight is 154 g/mol. The van der Waals surface area contributed by atoms with Crippen LogP contribution in [-0.4, -0.2) is 0 Å². The van der Waals surface area contributed by atoms with Crippen molar-refractivity contribution in [1.29, 1.82) is 0 Å². The Morgan fingerprint density at radius 2 is 1.82 bits per heavy atom. The van der Waals surface area contributed by atoms with E-state index in [2.05, 4.69) is 46.8 Å². The van der Waals surface area contributed by atoms with Gasteiger partial charge < -0.3 is 0 Å². The highest BCUT2D eigenvalue weighted by Gasteiger charge is 2.13. The molecular formula is C11H22. The molecule has 0 nitrogen and oxygen atoms in total. The van der Waals surface area contributed by atoms with Gasteiger partial charge in [0.15, 0.2) is 0 Å². The molecule has 0 aromatic carbocycles. The Morgan fingerprint density at radius 3 is 2.18 bits per heavy atom. The fraction of sp³-hybridized carbons (Fsp3) is 0.818. The van der Waals surface area contributed by atoms with Gasteiger partial charge in [-0.2, -0.15) is 0 Å². The largest absolute Gasteiger partial charge is 0.0917 e. The van der Waals surface area contributed by atoms with Crippen LogP contribution in [0.2, 0.25) is 0 Å². The van der Waals surface area contributed by atoms with Crippen molar-refractivity contribution in [2.24, 2.45) is 11.3 Å². The quantitative estimate of drug-likeness (QED) is 0.538. The Hall–Kier alpha value is -0.260. The molecule has 0 rings (SSSR count). The van der Waals surface area contributed by atoms with Crippen LogP contribution in [0.15, 0.2) is 12.2 Å². The van der Waals surface area contributed by atoms with Crippen LogP contribution in [0.5, 0.6) is 0 Å². The zero-order valence-electron chi connectivity index (χ0n) is 8.65. The smallest absolute Gasteiger partial charge is 0.0325 e. The minimum atomic E-state index is 0.487. The van der Waals surface area contributed by atoms with E-state index in [1.54, 1.807) is 0 Å². The lowest BCUT2D eigenvalue weighted by Gasteiger charge is -2.22. The molecule has 0 bridgehead atoms. The predicted octanol–water partition coefficient (Wildman–Crippen LogP) is 4.02. The third kappa shape index (κ3) is 7.64. The minimum Gasteiger partial charge on any atom is -0.0917 e. The maximum absolute atomic E-state index is 2.32. The summed E-state index contributed by atoms with van der Waals surface area (Å²) in [6, 6.07) is 0. The van der Waals surface area contributed by atoms with Crippen LogP contribution in [0, 0.1) is 11.3 Å². The Bertz CT molecular complexity index is 114. The van der Waals surface area contributed by atoms with Crippen molar-refractivity contribution in [2.75, 3.05) is 0 Å². The van der Waals surface area contributed by atoms with E-state index in [0.717, 1.165) is 5.92 Å². The Balaban J connectivity index is 3.60. The Morgan fingerprint density at radius 1 is 1.27 bits per heavy atom. The second-order valence-corrected chi connectivity index (χ2v) is 4.67. The third-order valence-electron chi connectivity index (χ3n) is 1.73. The molecule has 0 radical (unpaired) electrons. The molecule has 0 spiro atoms. The van der Waals surface area contributed by atoms with Gasteiger partial charge in [-0.3, -0.25) is 0 Å². The summed E-state index contributed by atoms with van der Waals surface area (Å²) in [6.07, 6.45) is 6.95. The van der Waals surface area contributed by atoms with E-state index in [0.29, 0.717) is 5.41 Å². The van der Waals surface area contributed by atoms with E-state index in [4.69, 9.17) is 0 Å². The summed E-state index contributed by atoms with van der Waals surface area (Å²) in [5, 5.41) is 0. The van der Waals surface area contributed by atoms with E-state index in [-0.39, 0.29) is 0 Å². The summed E-state index contributed by atoms with van der Waals surface area (Å²) in [4.78, 5) is 0. The van der Waals surface area contributed by atoms with Crippen molar-refractivity contribution in [3.05, 3.63) is 12.2 Å². The van der Waals surface area contributed by atoms with E-state index in [1.165, 1.54) is 12.8 Å². The molecule has 0 N–H and O–H groups in total. The lowest BCUT2D eigenvalue weighted by Crippen LogP contribution is -2.10. The summed E-state index contributed by atoms with van der Waals surface area (Å²) in [6.45, 7) is 11.3. The first-order valence-electron chi connectivity index (χ1n) is 4.57. The topological polar surface area (TPSA) is 0 Å². The lowest BCUT2D eigenvalue weighted by molar-refractivity contribution is 0.308. The van der Waals surface area contributed by atoms with Gasteiger partial charge in [0.25, 0.3) is 0 Å². The highest BCUT2D eigenvalue weighted by atomic mass is 14.2. The summed E-state index contributed by atoms with van der Waals surface area (Å²) in [7, 11) is 0. The first-order valence-corrected chi connectivity index (χ1v) is 4.57. The van der Waals surface area contributed by atoms with Crippen molar-refractivity contribution in [2.45, 2.75) is 47.5 Å². The molecule has 0 aromatic rings. The molecule has 0 aliphatic heterocycles. The number of hydrogen-bond donors (Lipinski definition) is 0. The monoisotopic (exact) mass is 154 g/mol. The lowest BCUT2D eigenvalue weighted by atomic mass is 9.84. The highest BCUT2D eigenvalue weighted by Crippen LogP contribution is 2.25. The second kappa shape index (κ2) is 4.58. The standard InChI is InChI=1S/C11H22/c1-6-7-8-10(2)9-11(3,4)5/h6-7,10H,8-9H2,1-5H3. The van der Waals surface area contributed by atoms with E-state index >= 15 is 0 Å². The molecule has 0 aliphatic carbocycles. The number of allylic oxidation sites excluding steroid dienone is 2. The molecule has 0 amide bonds. The van der Waals surface area contributed by atoms with Crippen molar-refractivity contribution in [3.63, 3.8) is 0 Å². The molecule has 0 fully saturated rings. The third-order valence-corrected chi connectivity index (χ3v) is 1.73. The van der Waals surface area contributed by atoms with Crippen molar-refractivity contribution in [1.82, 2.24) is 0 Å². The zero-order chi connectivity index (χ0) is 8.91. The van der Waals surface area contributed by atoms with Crippen LogP contribution in [0.3, 0.4) is 0 Å². The predicted molar refractivity (Wildman–Crippen MR) is 52.7 cm³/mol. The molecule has 0 saturated carbocycles. The molecule has 1 unspecified atom stereocenters. The minimum absolute atomic E-state index is 0.487. The molecule has 0 aliphatic rings. The van der Waals surface area contributed by atoms with Crippen LogP contribution in [-0.2, 0) is 0 Å². The van der Waals surface area contributed by atoms with Crippen molar-refractivity contribution < 1.29 is 0 Å². The van der Waals surface area contributed by atoms with Gasteiger partial charge in [-0.05, 0) is 31.1 Å². The van der Waals surface area contributed by atoms with Crippen molar-refractivity contribution in [3.8, 4) is 0 Å². The molecule has 0 heterocycles. The Labute approximate surface area is 71.7 Å². The SMILES string of the molecule is CC=CCC(C)CC(C)(C)C. The second-order valence-electron chi connectivity index (χ2n) is 4.67. The number of hydrogen-bond acceptors (Lipinski definition) is 0. The molecule has 66 valence electrons. The Kier molecular flexibility index (Phi) is 4.48. The van der Waals surface area contributed by atoms with Gasteiger partial charge in [0.1, 0.15) is 0 Å². The number of rotatable bonds is 3. The van der Waals surface area contributed by atoms with Gasteiger partial charge in [0, 0.05) is 0 Å². The fourth-order valence-corrected chi connectivity index (χ4v) is 1.50. The molecular weight excluding hydrogens is 132 g/mol. The molecule has 0 heteroatoms. The summed E-state index contributed by atoms with van der Waals surface area (Å²) in [5.74, 6) is 0.825. The van der Waals surface area contributed by atoms with Gasteiger partial charge >= 0.3 is 0 Å². The van der Waals surface area contributed by atoms with E-state index in [9.17, 15) is 0 Å². The normalized spacial score (nSPS) is 15.7. The van der Waals surface area contributed by atoms with Gasteiger partial charge in [-0.15, -0.1) is 0 Å².